The van der Waals surface area contributed by atoms with Crippen LogP contribution in [0, 0.1) is 43.5 Å². The Morgan fingerprint density at radius 2 is 2.33 bits per heavy atom. The summed E-state index contributed by atoms with van der Waals surface area (Å²) in [5, 5.41) is 0. The number of rotatable bonds is 1. The van der Waals surface area contributed by atoms with E-state index in [1.165, 1.54) is 19.3 Å². The van der Waals surface area contributed by atoms with Crippen LogP contribution in [0.15, 0.2) is 0 Å². The second-order valence-corrected chi connectivity index (χ2v) is 3.86. The molecule has 0 aliphatic heterocycles. The summed E-state index contributed by atoms with van der Waals surface area (Å²) in [6.45, 7) is 2.29. The SMILES string of the molecule is CCC1CC[CH-]C1I.[U]. The molecule has 2 heteroatoms. The van der Waals surface area contributed by atoms with Gasteiger partial charge in [-0.25, -0.2) is 0 Å². The van der Waals surface area contributed by atoms with Crippen molar-refractivity contribution in [2.45, 2.75) is 30.1 Å². The van der Waals surface area contributed by atoms with Crippen molar-refractivity contribution in [2.24, 2.45) is 5.92 Å². The van der Waals surface area contributed by atoms with Crippen LogP contribution in [-0.4, -0.2) is 3.92 Å². The zero-order valence-electron chi connectivity index (χ0n) is 5.73. The van der Waals surface area contributed by atoms with Gasteiger partial charge in [-0.15, -0.1) is 26.5 Å². The van der Waals surface area contributed by atoms with Crippen LogP contribution in [0.2, 0.25) is 0 Å². The van der Waals surface area contributed by atoms with Crippen molar-refractivity contribution < 1.29 is 31.1 Å². The zero-order valence-corrected chi connectivity index (χ0v) is 12.1. The van der Waals surface area contributed by atoms with E-state index in [4.69, 9.17) is 0 Å². The molecule has 52 valence electrons. The number of alkyl halides is 1. The Kier molecular flexibility index (Phi) is 6.51. The molecule has 9 heavy (non-hydrogen) atoms. The Hall–Kier alpha value is 1.78. The quantitative estimate of drug-likeness (QED) is 0.320. The topological polar surface area (TPSA) is 0 Å². The molecule has 1 fully saturated rings. The van der Waals surface area contributed by atoms with Gasteiger partial charge in [0, 0.05) is 31.1 Å². The first kappa shape index (κ1) is 10.8. The molecular weight excluding hydrogens is 449 g/mol. The van der Waals surface area contributed by atoms with Crippen LogP contribution in [-0.2, 0) is 0 Å². The van der Waals surface area contributed by atoms with E-state index in [0.717, 1.165) is 9.84 Å². The normalized spacial score (nSPS) is 34.0. The predicted octanol–water partition coefficient (Wildman–Crippen LogP) is 2.81. The van der Waals surface area contributed by atoms with Gasteiger partial charge in [-0.1, -0.05) is 25.7 Å². The summed E-state index contributed by atoms with van der Waals surface area (Å²) >= 11 is 2.54. The van der Waals surface area contributed by atoms with Crippen LogP contribution in [0.25, 0.3) is 0 Å². The molecule has 1 rings (SSSR count). The maximum atomic E-state index is 2.54. The molecule has 0 aromatic carbocycles. The average Bonchev–Trinajstić information content (AvgIpc) is 2.14. The molecule has 2 unspecified atom stereocenters. The Morgan fingerprint density at radius 1 is 1.67 bits per heavy atom. The van der Waals surface area contributed by atoms with Gasteiger partial charge in [0.2, 0.25) is 0 Å². The summed E-state index contributed by atoms with van der Waals surface area (Å²) in [5.74, 6) is 0.996. The average molecular weight is 461 g/mol. The largest absolute Gasteiger partial charge is 0.316 e. The van der Waals surface area contributed by atoms with Gasteiger partial charge in [0.15, 0.2) is 0 Å². The monoisotopic (exact) mass is 461 g/mol. The first-order chi connectivity index (χ1) is 3.84. The smallest absolute Gasteiger partial charge is 0 e. The number of halogens is 1. The van der Waals surface area contributed by atoms with Gasteiger partial charge in [-0.05, 0) is 0 Å². The predicted molar refractivity (Wildman–Crippen MR) is 45.1 cm³/mol. The van der Waals surface area contributed by atoms with Crippen LogP contribution >= 0.6 is 22.6 Å². The Morgan fingerprint density at radius 3 is 2.56 bits per heavy atom. The van der Waals surface area contributed by atoms with Crippen LogP contribution in [0.5, 0.6) is 0 Å². The molecule has 0 amide bonds. The number of hydrogen-bond acceptors (Lipinski definition) is 0. The second kappa shape index (κ2) is 5.43. The molecule has 1 aliphatic carbocycles. The van der Waals surface area contributed by atoms with Gasteiger partial charge in [-0.3, -0.25) is 0 Å². The van der Waals surface area contributed by atoms with Gasteiger partial charge in [0.05, 0.1) is 0 Å². The van der Waals surface area contributed by atoms with Gasteiger partial charge in [-0.2, -0.15) is 6.42 Å². The summed E-state index contributed by atoms with van der Waals surface area (Å²) in [6.07, 6.45) is 6.59. The maximum absolute atomic E-state index is 2.54. The molecule has 1 saturated carbocycles. The first-order valence-corrected chi connectivity index (χ1v) is 4.56. The van der Waals surface area contributed by atoms with E-state index in [9.17, 15) is 0 Å². The molecule has 0 radical (unpaired) electrons. The number of hydrogen-bond donors (Lipinski definition) is 0. The Bertz CT molecular complexity index is 75.3. The van der Waals surface area contributed by atoms with Crippen LogP contribution < -0.4 is 0 Å². The van der Waals surface area contributed by atoms with E-state index in [2.05, 4.69) is 35.9 Å². The fraction of sp³-hybridized carbons (Fsp3) is 0.857. The molecule has 0 nitrogen and oxygen atoms in total. The molecule has 0 spiro atoms. The van der Waals surface area contributed by atoms with Crippen LogP contribution in [0.4, 0.5) is 0 Å². The maximum Gasteiger partial charge on any atom is 0 e. The standard InChI is InChI=1S/C7H12I.U/c1-2-6-4-3-5-7(6)8;/h5-7H,2-4H2,1H3;/q-1;. The molecule has 0 aromatic rings. The summed E-state index contributed by atoms with van der Waals surface area (Å²) in [6, 6.07) is 0. The molecule has 2 atom stereocenters. The van der Waals surface area contributed by atoms with Crippen molar-refractivity contribution in [3.8, 4) is 0 Å². The Balaban J connectivity index is 0.000000640. The Labute approximate surface area is 95.1 Å². The molecule has 0 saturated heterocycles. The van der Waals surface area contributed by atoms with Crippen molar-refractivity contribution in [3.63, 3.8) is 0 Å². The fourth-order valence-corrected chi connectivity index (χ4v) is 2.48. The van der Waals surface area contributed by atoms with Crippen LogP contribution in [0.1, 0.15) is 26.2 Å². The zero-order chi connectivity index (χ0) is 5.98. The van der Waals surface area contributed by atoms with Crippen LogP contribution in [0.3, 0.4) is 0 Å². The van der Waals surface area contributed by atoms with Crippen molar-refractivity contribution in [3.05, 3.63) is 6.42 Å². The van der Waals surface area contributed by atoms with Crippen molar-refractivity contribution in [1.82, 2.24) is 0 Å². The van der Waals surface area contributed by atoms with Crippen molar-refractivity contribution in [1.29, 1.82) is 0 Å². The van der Waals surface area contributed by atoms with Gasteiger partial charge >= 0.3 is 0 Å². The summed E-state index contributed by atoms with van der Waals surface area (Å²) < 4.78 is 0.873. The third-order valence-electron chi connectivity index (χ3n) is 1.90. The molecule has 0 bridgehead atoms. The van der Waals surface area contributed by atoms with E-state index in [1.54, 1.807) is 0 Å². The van der Waals surface area contributed by atoms with E-state index >= 15 is 0 Å². The van der Waals surface area contributed by atoms with Crippen molar-refractivity contribution in [2.75, 3.05) is 0 Å². The molecule has 0 heterocycles. The minimum Gasteiger partial charge on any atom is -0.316 e. The molecule has 0 aromatic heterocycles. The summed E-state index contributed by atoms with van der Waals surface area (Å²) in [4.78, 5) is 0. The minimum atomic E-state index is 0. The second-order valence-electron chi connectivity index (χ2n) is 2.43. The minimum absolute atomic E-state index is 0. The molecule has 1 aliphatic rings. The van der Waals surface area contributed by atoms with Gasteiger partial charge in [0.25, 0.3) is 0 Å². The van der Waals surface area contributed by atoms with Crippen molar-refractivity contribution >= 4 is 22.6 Å². The fourth-order valence-electron chi connectivity index (χ4n) is 1.25. The van der Waals surface area contributed by atoms with E-state index in [-0.39, 0.29) is 31.1 Å². The van der Waals surface area contributed by atoms with E-state index in [0.29, 0.717) is 0 Å². The summed E-state index contributed by atoms with van der Waals surface area (Å²) in [5.41, 5.74) is 0. The molecular formula is C7H12IU-. The first-order valence-electron chi connectivity index (χ1n) is 3.32. The van der Waals surface area contributed by atoms with E-state index < -0.39 is 0 Å². The third-order valence-corrected chi connectivity index (χ3v) is 3.43. The third kappa shape index (κ3) is 3.12. The van der Waals surface area contributed by atoms with E-state index in [1.807, 2.05) is 0 Å². The van der Waals surface area contributed by atoms with Gasteiger partial charge < -0.3 is 6.42 Å². The van der Waals surface area contributed by atoms with Gasteiger partial charge in [0.1, 0.15) is 0 Å². The summed E-state index contributed by atoms with van der Waals surface area (Å²) in [7, 11) is 0. The molecule has 0 N–H and O–H groups in total.